The Bertz CT molecular complexity index is 1010. The first-order valence-electron chi connectivity index (χ1n) is 11.7. The van der Waals surface area contributed by atoms with E-state index in [0.29, 0.717) is 21.4 Å². The molecule has 1 atom stereocenters. The van der Waals surface area contributed by atoms with E-state index in [1.54, 1.807) is 25.1 Å². The molecule has 2 aromatic carbocycles. The van der Waals surface area contributed by atoms with Gasteiger partial charge in [0.1, 0.15) is 11.8 Å². The van der Waals surface area contributed by atoms with Crippen LogP contribution in [-0.4, -0.2) is 35.4 Å². The molecule has 184 valence electrons. The van der Waals surface area contributed by atoms with Crippen molar-refractivity contribution in [3.05, 3.63) is 62.0 Å². The number of nitrogens with zero attached hydrogens (tertiary/aromatic N) is 1. The van der Waals surface area contributed by atoms with Gasteiger partial charge in [-0.1, -0.05) is 61.5 Å². The topological polar surface area (TPSA) is 58.6 Å². The van der Waals surface area contributed by atoms with Gasteiger partial charge in [0.25, 0.3) is 5.91 Å². The van der Waals surface area contributed by atoms with Crippen LogP contribution in [0.5, 0.6) is 5.75 Å². The predicted molar refractivity (Wildman–Crippen MR) is 141 cm³/mol. The third-order valence-corrected chi connectivity index (χ3v) is 7.44. The summed E-state index contributed by atoms with van der Waals surface area (Å²) >= 11 is 15.9. The quantitative estimate of drug-likeness (QED) is 0.372. The molecule has 1 saturated carbocycles. The zero-order valence-corrected chi connectivity index (χ0v) is 22.7. The summed E-state index contributed by atoms with van der Waals surface area (Å²) in [5, 5.41) is 4.08. The molecule has 0 heterocycles. The molecule has 8 heteroatoms. The lowest BCUT2D eigenvalue weighted by Crippen LogP contribution is -2.51. The highest BCUT2D eigenvalue weighted by atomic mass is 79.9. The second-order valence-corrected chi connectivity index (χ2v) is 10.4. The summed E-state index contributed by atoms with van der Waals surface area (Å²) in [6.07, 6.45) is 6.28. The minimum Gasteiger partial charge on any atom is -0.483 e. The van der Waals surface area contributed by atoms with Gasteiger partial charge in [-0.2, -0.15) is 0 Å². The summed E-state index contributed by atoms with van der Waals surface area (Å²) in [5.74, 6) is 0.108. The van der Waals surface area contributed by atoms with E-state index >= 15 is 0 Å². The summed E-state index contributed by atoms with van der Waals surface area (Å²) in [4.78, 5) is 27.9. The average molecular weight is 570 g/mol. The third kappa shape index (κ3) is 7.37. The van der Waals surface area contributed by atoms with Crippen LogP contribution in [0.4, 0.5) is 0 Å². The molecule has 0 spiro atoms. The molecule has 1 aliphatic rings. The highest BCUT2D eigenvalue weighted by Crippen LogP contribution is 2.27. The van der Waals surface area contributed by atoms with Gasteiger partial charge in [-0.05, 0) is 77.5 Å². The number of ether oxygens (including phenoxy) is 1. The molecule has 0 bridgehead atoms. The maximum atomic E-state index is 13.3. The summed E-state index contributed by atoms with van der Waals surface area (Å²) in [6.45, 7) is 3.79. The maximum absolute atomic E-state index is 13.3. The Morgan fingerprint density at radius 3 is 2.53 bits per heavy atom. The van der Waals surface area contributed by atoms with Crippen molar-refractivity contribution in [1.82, 2.24) is 10.2 Å². The van der Waals surface area contributed by atoms with E-state index in [2.05, 4.69) is 28.2 Å². The van der Waals surface area contributed by atoms with Crippen LogP contribution in [0.1, 0.15) is 57.1 Å². The van der Waals surface area contributed by atoms with E-state index < -0.39 is 6.04 Å². The highest BCUT2D eigenvalue weighted by Gasteiger charge is 2.29. The Kier molecular flexibility index (Phi) is 10.1. The Balaban J connectivity index is 1.75. The van der Waals surface area contributed by atoms with Crippen molar-refractivity contribution in [2.24, 2.45) is 0 Å². The van der Waals surface area contributed by atoms with Crippen LogP contribution >= 0.6 is 39.1 Å². The van der Waals surface area contributed by atoms with Gasteiger partial charge in [-0.25, -0.2) is 0 Å². The highest BCUT2D eigenvalue weighted by molar-refractivity contribution is 9.10. The van der Waals surface area contributed by atoms with Crippen LogP contribution < -0.4 is 10.1 Å². The molecule has 0 unspecified atom stereocenters. The van der Waals surface area contributed by atoms with Crippen LogP contribution in [0.2, 0.25) is 10.0 Å². The normalized spacial score (nSPS) is 15.0. The van der Waals surface area contributed by atoms with Crippen molar-refractivity contribution in [3.8, 4) is 5.75 Å². The van der Waals surface area contributed by atoms with Gasteiger partial charge in [0, 0.05) is 22.6 Å². The molecule has 2 aromatic rings. The number of benzene rings is 2. The second-order valence-electron chi connectivity index (χ2n) is 8.68. The van der Waals surface area contributed by atoms with Gasteiger partial charge < -0.3 is 15.0 Å². The lowest BCUT2D eigenvalue weighted by molar-refractivity contribution is -0.142. The van der Waals surface area contributed by atoms with Crippen molar-refractivity contribution in [2.75, 3.05) is 6.61 Å². The molecule has 0 aromatic heterocycles. The summed E-state index contributed by atoms with van der Waals surface area (Å²) < 4.78 is 6.61. The minimum absolute atomic E-state index is 0.157. The van der Waals surface area contributed by atoms with Gasteiger partial charge in [0.2, 0.25) is 5.91 Å². The first-order chi connectivity index (χ1) is 16.3. The summed E-state index contributed by atoms with van der Waals surface area (Å²) in [5.41, 5.74) is 1.88. The lowest BCUT2D eigenvalue weighted by Gasteiger charge is -2.31. The van der Waals surface area contributed by atoms with Gasteiger partial charge in [0.15, 0.2) is 6.61 Å². The monoisotopic (exact) mass is 568 g/mol. The van der Waals surface area contributed by atoms with E-state index in [4.69, 9.17) is 27.9 Å². The minimum atomic E-state index is -0.685. The molecule has 0 saturated heterocycles. The number of rotatable bonds is 9. The van der Waals surface area contributed by atoms with E-state index in [1.807, 2.05) is 18.2 Å². The third-order valence-electron chi connectivity index (χ3n) is 6.23. The van der Waals surface area contributed by atoms with Crippen LogP contribution in [0.25, 0.3) is 0 Å². The molecular weight excluding hydrogens is 539 g/mol. The molecule has 5 nitrogen and oxygen atoms in total. The maximum Gasteiger partial charge on any atom is 0.261 e. The van der Waals surface area contributed by atoms with Crippen LogP contribution in [0.3, 0.4) is 0 Å². The molecule has 2 amide bonds. The zero-order chi connectivity index (χ0) is 24.7. The van der Waals surface area contributed by atoms with E-state index in [-0.39, 0.29) is 31.0 Å². The van der Waals surface area contributed by atoms with Crippen molar-refractivity contribution >= 4 is 50.9 Å². The number of carbonyl (C=O) groups is 2. The van der Waals surface area contributed by atoms with Crippen molar-refractivity contribution < 1.29 is 14.3 Å². The number of amides is 2. The van der Waals surface area contributed by atoms with Crippen molar-refractivity contribution in [2.45, 2.75) is 71.0 Å². The Morgan fingerprint density at radius 2 is 1.88 bits per heavy atom. The van der Waals surface area contributed by atoms with E-state index in [0.717, 1.165) is 42.1 Å². The smallest absolute Gasteiger partial charge is 0.261 e. The van der Waals surface area contributed by atoms with Crippen LogP contribution in [0.15, 0.2) is 40.9 Å². The zero-order valence-electron chi connectivity index (χ0n) is 19.6. The van der Waals surface area contributed by atoms with Crippen molar-refractivity contribution in [3.63, 3.8) is 0 Å². The molecule has 3 rings (SSSR count). The summed E-state index contributed by atoms with van der Waals surface area (Å²) in [6, 6.07) is 10.4. The van der Waals surface area contributed by atoms with Crippen LogP contribution in [-0.2, 0) is 22.6 Å². The second kappa shape index (κ2) is 12.8. The number of nitrogens with one attached hydrogen (secondary N) is 1. The molecule has 1 fully saturated rings. The first-order valence-corrected chi connectivity index (χ1v) is 13.3. The Hall–Kier alpha value is -1.76. The van der Waals surface area contributed by atoms with Crippen LogP contribution in [0, 0.1) is 0 Å². The average Bonchev–Trinajstić information content (AvgIpc) is 2.82. The fourth-order valence-electron chi connectivity index (χ4n) is 4.09. The van der Waals surface area contributed by atoms with Gasteiger partial charge in [-0.15, -0.1) is 0 Å². The van der Waals surface area contributed by atoms with Gasteiger partial charge in [-0.3, -0.25) is 9.59 Å². The van der Waals surface area contributed by atoms with E-state index in [9.17, 15) is 9.59 Å². The molecule has 1 N–H and O–H groups in total. The molecule has 34 heavy (non-hydrogen) atoms. The number of hydrogen-bond acceptors (Lipinski definition) is 3. The fraction of sp³-hybridized carbons (Fsp3) is 0.462. The number of halogens is 3. The first kappa shape index (κ1) is 26.8. The SMILES string of the molecule is CCc1ccc(OCC(=O)N(Cc2ccc(Cl)cc2Cl)[C@H](C)C(=O)NC2CCCCC2)c(Br)c1. The fourth-order valence-corrected chi connectivity index (χ4v) is 5.10. The largest absolute Gasteiger partial charge is 0.483 e. The van der Waals surface area contributed by atoms with Gasteiger partial charge >= 0.3 is 0 Å². The van der Waals surface area contributed by atoms with Gasteiger partial charge in [0.05, 0.1) is 4.47 Å². The molecule has 0 radical (unpaired) electrons. The Morgan fingerprint density at radius 1 is 1.15 bits per heavy atom. The summed E-state index contributed by atoms with van der Waals surface area (Å²) in [7, 11) is 0. The van der Waals surface area contributed by atoms with Crippen molar-refractivity contribution in [1.29, 1.82) is 0 Å². The number of hydrogen-bond donors (Lipinski definition) is 1. The predicted octanol–water partition coefficient (Wildman–Crippen LogP) is 6.56. The Labute approximate surface area is 220 Å². The van der Waals surface area contributed by atoms with E-state index in [1.165, 1.54) is 11.3 Å². The number of aryl methyl sites for hydroxylation is 1. The lowest BCUT2D eigenvalue weighted by atomic mass is 9.95. The standard InChI is InChI=1S/C26H31BrCl2N2O3/c1-3-18-9-12-24(22(27)13-18)34-16-25(32)31(15-19-10-11-20(28)14-23(19)29)17(2)26(33)30-21-7-5-4-6-8-21/h9-14,17,21H,3-8,15-16H2,1-2H3,(H,30,33)/t17-/m1/s1. The molecular formula is C26H31BrCl2N2O3. The number of carbonyl (C=O) groups excluding carboxylic acids is 2. The molecule has 0 aliphatic heterocycles. The molecule has 1 aliphatic carbocycles.